The lowest BCUT2D eigenvalue weighted by atomic mass is 10.0. The Kier molecular flexibility index (Phi) is 4.90. The number of nitrogens with zero attached hydrogens (tertiary/aromatic N) is 2. The van der Waals surface area contributed by atoms with Crippen LogP contribution in [0.5, 0.6) is 17.2 Å². The normalized spacial score (nSPS) is 16.8. The van der Waals surface area contributed by atoms with Gasteiger partial charge in [0.15, 0.2) is 23.4 Å². The summed E-state index contributed by atoms with van der Waals surface area (Å²) in [6.07, 6.45) is -0.849. The van der Waals surface area contributed by atoms with Gasteiger partial charge >= 0.3 is 0 Å². The molecule has 156 valence electrons. The largest absolute Gasteiger partial charge is 0.478 e. The lowest BCUT2D eigenvalue weighted by Crippen LogP contribution is -2.50. The molecule has 0 saturated carbocycles. The molecule has 0 saturated heterocycles. The second-order valence-corrected chi connectivity index (χ2v) is 7.23. The molecule has 30 heavy (non-hydrogen) atoms. The first-order valence-corrected chi connectivity index (χ1v) is 9.29. The molecule has 0 aromatic heterocycles. The fourth-order valence-corrected chi connectivity index (χ4v) is 3.30. The zero-order valence-corrected chi connectivity index (χ0v) is 16.3. The minimum Gasteiger partial charge on any atom is -0.478 e. The fourth-order valence-electron chi connectivity index (χ4n) is 3.30. The van der Waals surface area contributed by atoms with Crippen LogP contribution in [0.15, 0.2) is 36.4 Å². The number of nitrogens with one attached hydrogen (secondary N) is 1. The van der Waals surface area contributed by atoms with Crippen molar-refractivity contribution in [2.45, 2.75) is 20.0 Å². The van der Waals surface area contributed by atoms with E-state index < -0.39 is 16.9 Å². The van der Waals surface area contributed by atoms with Crippen molar-refractivity contribution in [3.05, 3.63) is 46.5 Å². The van der Waals surface area contributed by atoms with Gasteiger partial charge in [-0.3, -0.25) is 24.6 Å². The monoisotopic (exact) mass is 413 g/mol. The van der Waals surface area contributed by atoms with E-state index in [9.17, 15) is 19.7 Å². The third kappa shape index (κ3) is 3.59. The highest BCUT2D eigenvalue weighted by Gasteiger charge is 2.38. The molecule has 2 aliphatic rings. The molecule has 1 unspecified atom stereocenters. The second kappa shape index (κ2) is 7.54. The SMILES string of the molecule is CC(C)C1Oc2cc([N+](=O)[O-])ccc2N(CC(=O)Nc2ccc3c(c2)OCO3)C1=O. The molecule has 2 aromatic rings. The maximum absolute atomic E-state index is 12.9. The van der Waals surface area contributed by atoms with Crippen molar-refractivity contribution in [3.8, 4) is 17.2 Å². The third-order valence-electron chi connectivity index (χ3n) is 4.77. The van der Waals surface area contributed by atoms with Gasteiger partial charge in [-0.2, -0.15) is 0 Å². The first kappa shape index (κ1) is 19.5. The molecule has 2 aromatic carbocycles. The number of non-ortho nitro benzene ring substituents is 1. The molecule has 1 N–H and O–H groups in total. The average Bonchev–Trinajstić information content (AvgIpc) is 3.17. The van der Waals surface area contributed by atoms with Crippen molar-refractivity contribution >= 4 is 28.9 Å². The average molecular weight is 413 g/mol. The van der Waals surface area contributed by atoms with Gasteiger partial charge in [0, 0.05) is 17.8 Å². The van der Waals surface area contributed by atoms with Crippen LogP contribution in [-0.4, -0.2) is 36.2 Å². The highest BCUT2D eigenvalue weighted by atomic mass is 16.7. The van der Waals surface area contributed by atoms with Gasteiger partial charge < -0.3 is 19.5 Å². The van der Waals surface area contributed by atoms with Gasteiger partial charge in [0.1, 0.15) is 6.54 Å². The molecule has 2 heterocycles. The predicted octanol–water partition coefficient (Wildman–Crippen LogP) is 2.71. The van der Waals surface area contributed by atoms with Crippen LogP contribution >= 0.6 is 0 Å². The number of hydrogen-bond acceptors (Lipinski definition) is 7. The third-order valence-corrected chi connectivity index (χ3v) is 4.77. The van der Waals surface area contributed by atoms with Gasteiger partial charge in [0.2, 0.25) is 12.7 Å². The summed E-state index contributed by atoms with van der Waals surface area (Å²) in [4.78, 5) is 37.4. The number of nitro benzene ring substituents is 1. The molecule has 10 heteroatoms. The Morgan fingerprint density at radius 3 is 2.70 bits per heavy atom. The van der Waals surface area contributed by atoms with E-state index in [1.165, 1.54) is 23.1 Å². The number of nitro groups is 1. The molecule has 10 nitrogen and oxygen atoms in total. The Morgan fingerprint density at radius 2 is 1.97 bits per heavy atom. The van der Waals surface area contributed by atoms with Crippen molar-refractivity contribution in [2.24, 2.45) is 5.92 Å². The fraction of sp³-hybridized carbons (Fsp3) is 0.300. The number of anilines is 2. The first-order chi connectivity index (χ1) is 14.3. The van der Waals surface area contributed by atoms with E-state index in [0.717, 1.165) is 0 Å². The van der Waals surface area contributed by atoms with Crippen LogP contribution in [0.4, 0.5) is 17.1 Å². The number of ether oxygens (including phenoxy) is 3. The van der Waals surface area contributed by atoms with Crippen LogP contribution in [0.25, 0.3) is 0 Å². The van der Waals surface area contributed by atoms with Crippen molar-refractivity contribution in [1.82, 2.24) is 0 Å². The Labute approximate surface area is 171 Å². The van der Waals surface area contributed by atoms with Crippen LogP contribution in [0.1, 0.15) is 13.8 Å². The van der Waals surface area contributed by atoms with E-state index in [4.69, 9.17) is 14.2 Å². The Balaban J connectivity index is 1.58. The van der Waals surface area contributed by atoms with E-state index in [0.29, 0.717) is 22.9 Å². The van der Waals surface area contributed by atoms with E-state index in [-0.39, 0.29) is 36.6 Å². The summed E-state index contributed by atoms with van der Waals surface area (Å²) in [5.41, 5.74) is 0.646. The topological polar surface area (TPSA) is 120 Å². The minimum absolute atomic E-state index is 0.120. The van der Waals surface area contributed by atoms with Gasteiger partial charge in [-0.1, -0.05) is 13.8 Å². The lowest BCUT2D eigenvalue weighted by Gasteiger charge is -2.35. The molecular formula is C20H19N3O7. The molecule has 4 rings (SSSR count). The van der Waals surface area contributed by atoms with Crippen LogP contribution in [0.3, 0.4) is 0 Å². The van der Waals surface area contributed by atoms with E-state index in [2.05, 4.69) is 5.32 Å². The number of amides is 2. The molecule has 0 spiro atoms. The van der Waals surface area contributed by atoms with Gasteiger partial charge in [-0.25, -0.2) is 0 Å². The van der Waals surface area contributed by atoms with Crippen LogP contribution in [0.2, 0.25) is 0 Å². The molecule has 0 fully saturated rings. The minimum atomic E-state index is -0.849. The maximum atomic E-state index is 12.9. The van der Waals surface area contributed by atoms with Gasteiger partial charge in [-0.05, 0) is 24.1 Å². The van der Waals surface area contributed by atoms with Crippen LogP contribution in [0, 0.1) is 16.0 Å². The van der Waals surface area contributed by atoms with Crippen LogP contribution in [-0.2, 0) is 9.59 Å². The van der Waals surface area contributed by atoms with Crippen molar-refractivity contribution in [2.75, 3.05) is 23.6 Å². The quantitative estimate of drug-likeness (QED) is 0.591. The predicted molar refractivity (Wildman–Crippen MR) is 106 cm³/mol. The van der Waals surface area contributed by atoms with Gasteiger partial charge in [-0.15, -0.1) is 0 Å². The molecule has 0 aliphatic carbocycles. The van der Waals surface area contributed by atoms with Gasteiger partial charge in [0.25, 0.3) is 11.6 Å². The van der Waals surface area contributed by atoms with Crippen molar-refractivity contribution < 1.29 is 28.7 Å². The maximum Gasteiger partial charge on any atom is 0.273 e. The molecule has 1 atom stereocenters. The molecule has 2 amide bonds. The number of rotatable bonds is 5. The standard InChI is InChI=1S/C20H19N3O7/c1-11(2)19-20(25)22(14-5-4-13(23(26)27)8-16(14)30-19)9-18(24)21-12-3-6-15-17(7-12)29-10-28-15/h3-8,11,19H,9-10H2,1-2H3,(H,21,24). The smallest absolute Gasteiger partial charge is 0.273 e. The summed E-state index contributed by atoms with van der Waals surface area (Å²) in [7, 11) is 0. The Morgan fingerprint density at radius 1 is 1.20 bits per heavy atom. The van der Waals surface area contributed by atoms with Crippen molar-refractivity contribution in [3.63, 3.8) is 0 Å². The zero-order chi connectivity index (χ0) is 21.4. The van der Waals surface area contributed by atoms with Crippen LogP contribution < -0.4 is 24.4 Å². The second-order valence-electron chi connectivity index (χ2n) is 7.23. The molecular weight excluding hydrogens is 394 g/mol. The Bertz CT molecular complexity index is 1040. The number of benzene rings is 2. The highest BCUT2D eigenvalue weighted by molar-refractivity contribution is 6.06. The zero-order valence-electron chi connectivity index (χ0n) is 16.3. The molecule has 0 bridgehead atoms. The molecule has 2 aliphatic heterocycles. The summed E-state index contributed by atoms with van der Waals surface area (Å²) in [5, 5.41) is 13.8. The number of hydrogen-bond donors (Lipinski definition) is 1. The van der Waals surface area contributed by atoms with E-state index >= 15 is 0 Å². The Hall–Kier alpha value is -3.82. The van der Waals surface area contributed by atoms with E-state index in [1.807, 2.05) is 0 Å². The number of carbonyl (C=O) groups excluding carboxylic acids is 2. The summed E-state index contributed by atoms with van der Waals surface area (Å²) >= 11 is 0. The summed E-state index contributed by atoms with van der Waals surface area (Å²) in [6, 6.07) is 8.93. The highest BCUT2D eigenvalue weighted by Crippen LogP contribution is 2.38. The number of carbonyl (C=O) groups is 2. The summed E-state index contributed by atoms with van der Waals surface area (Å²) < 4.78 is 16.3. The summed E-state index contributed by atoms with van der Waals surface area (Å²) in [5.74, 6) is 0.297. The lowest BCUT2D eigenvalue weighted by molar-refractivity contribution is -0.384. The number of fused-ring (bicyclic) bond motifs is 2. The first-order valence-electron chi connectivity index (χ1n) is 9.29. The van der Waals surface area contributed by atoms with Crippen molar-refractivity contribution in [1.29, 1.82) is 0 Å². The van der Waals surface area contributed by atoms with E-state index in [1.54, 1.807) is 32.0 Å². The van der Waals surface area contributed by atoms with Gasteiger partial charge in [0.05, 0.1) is 16.7 Å². The summed E-state index contributed by atoms with van der Waals surface area (Å²) in [6.45, 7) is 3.45. The molecule has 0 radical (unpaired) electrons.